The van der Waals surface area contributed by atoms with E-state index in [9.17, 15) is 19.7 Å². The first kappa shape index (κ1) is 31.0. The molecule has 4 rings (SSSR count). The number of aromatic nitrogens is 4. The van der Waals surface area contributed by atoms with Crippen molar-refractivity contribution in [2.24, 2.45) is 0 Å². The minimum Gasteiger partial charge on any atom is -0.455 e. The lowest BCUT2D eigenvalue weighted by molar-refractivity contribution is -0.385. The van der Waals surface area contributed by atoms with Crippen LogP contribution in [0, 0.1) is 10.1 Å². The highest BCUT2D eigenvalue weighted by Gasteiger charge is 2.28. The van der Waals surface area contributed by atoms with Gasteiger partial charge in [0.2, 0.25) is 5.69 Å². The highest BCUT2D eigenvalue weighted by atomic mass is 32.1. The van der Waals surface area contributed by atoms with Crippen LogP contribution in [0.5, 0.6) is 0 Å². The predicted octanol–water partition coefficient (Wildman–Crippen LogP) is 3.50. The zero-order valence-corrected chi connectivity index (χ0v) is 24.9. The summed E-state index contributed by atoms with van der Waals surface area (Å²) in [6.45, 7) is 7.79. The normalized spacial score (nSPS) is 14.0. The summed E-state index contributed by atoms with van der Waals surface area (Å²) in [4.78, 5) is 46.6. The highest BCUT2D eigenvalue weighted by molar-refractivity contribution is 7.13. The lowest BCUT2D eigenvalue weighted by Crippen LogP contribution is -2.30. The topological polar surface area (TPSA) is 164 Å². The maximum atomic E-state index is 12.6. The second kappa shape index (κ2) is 13.8. The van der Waals surface area contributed by atoms with Crippen LogP contribution in [0.2, 0.25) is 0 Å². The smallest absolute Gasteiger partial charge is 0.358 e. The monoisotopic (exact) mass is 601 g/mol. The molecule has 0 unspecified atom stereocenters. The molecular formula is C27H35N7O7S. The van der Waals surface area contributed by atoms with Crippen molar-refractivity contribution in [1.29, 1.82) is 0 Å². The zero-order valence-electron chi connectivity index (χ0n) is 24.1. The molecule has 1 saturated heterocycles. The molecule has 0 bridgehead atoms. The fourth-order valence-corrected chi connectivity index (χ4v) is 4.93. The Morgan fingerprint density at radius 1 is 1.29 bits per heavy atom. The van der Waals surface area contributed by atoms with Crippen molar-refractivity contribution >= 4 is 34.7 Å². The summed E-state index contributed by atoms with van der Waals surface area (Å²) in [7, 11) is 1.87. The summed E-state index contributed by atoms with van der Waals surface area (Å²) in [6, 6.07) is 3.67. The van der Waals surface area contributed by atoms with Gasteiger partial charge in [-0.25, -0.2) is 14.8 Å². The standard InChI is InChI=1S/C27H35N7O7S/c1-27(2,3)41-26(36)20-17-42-25(30-20)18-5-8-28-22(15-18)32(4)10-14-40-13-9-29-24(35)23-21(34(37)38)16-33(31-23)19-6-11-39-12-7-19/h5,8,15-17,19H,6-7,9-14H2,1-4H3,(H,29,35). The second-order valence-electron chi connectivity index (χ2n) is 10.7. The van der Waals surface area contributed by atoms with Crippen molar-refractivity contribution in [3.63, 3.8) is 0 Å². The van der Waals surface area contributed by atoms with Crippen LogP contribution in [0.1, 0.15) is 60.6 Å². The van der Waals surface area contributed by atoms with Crippen LogP contribution < -0.4 is 10.2 Å². The first-order valence-corrected chi connectivity index (χ1v) is 14.4. The van der Waals surface area contributed by atoms with Gasteiger partial charge < -0.3 is 24.4 Å². The van der Waals surface area contributed by atoms with E-state index in [1.807, 2.05) is 44.9 Å². The summed E-state index contributed by atoms with van der Waals surface area (Å²) in [5, 5.41) is 20.7. The largest absolute Gasteiger partial charge is 0.455 e. The minimum absolute atomic E-state index is 0.0363. The van der Waals surface area contributed by atoms with Crippen molar-refractivity contribution in [2.75, 3.05) is 51.5 Å². The Labute approximate surface area is 247 Å². The number of carbonyl (C=O) groups is 2. The van der Waals surface area contributed by atoms with Gasteiger partial charge in [0.15, 0.2) is 5.69 Å². The van der Waals surface area contributed by atoms with Crippen molar-refractivity contribution in [3.8, 4) is 10.6 Å². The third kappa shape index (κ3) is 8.30. The van der Waals surface area contributed by atoms with Crippen LogP contribution in [0.4, 0.5) is 11.5 Å². The van der Waals surface area contributed by atoms with Crippen molar-refractivity contribution in [1.82, 2.24) is 25.1 Å². The summed E-state index contributed by atoms with van der Waals surface area (Å²) in [6.07, 6.45) is 4.35. The number of esters is 1. The number of nitro groups is 1. The Morgan fingerprint density at radius 3 is 2.76 bits per heavy atom. The van der Waals surface area contributed by atoms with E-state index in [1.54, 1.807) is 11.6 Å². The van der Waals surface area contributed by atoms with Crippen LogP contribution in [0.3, 0.4) is 0 Å². The van der Waals surface area contributed by atoms with E-state index >= 15 is 0 Å². The molecule has 3 aromatic rings. The summed E-state index contributed by atoms with van der Waals surface area (Å²) >= 11 is 1.35. The summed E-state index contributed by atoms with van der Waals surface area (Å²) in [5.41, 5.74) is -0.0509. The van der Waals surface area contributed by atoms with Crippen LogP contribution in [0.25, 0.3) is 10.6 Å². The van der Waals surface area contributed by atoms with Gasteiger partial charge in [-0.05, 0) is 45.7 Å². The molecule has 1 N–H and O–H groups in total. The Balaban J connectivity index is 1.23. The number of likely N-dealkylation sites (N-methyl/N-ethyl adjacent to an activating group) is 1. The molecule has 14 nitrogen and oxygen atoms in total. The molecule has 1 amide bonds. The number of hydrogen-bond donors (Lipinski definition) is 1. The molecule has 0 radical (unpaired) electrons. The molecular weight excluding hydrogens is 566 g/mol. The van der Waals surface area contributed by atoms with Gasteiger partial charge in [0.1, 0.15) is 22.6 Å². The number of anilines is 1. The molecule has 4 heterocycles. The fourth-order valence-electron chi connectivity index (χ4n) is 4.14. The Hall–Kier alpha value is -3.95. The Morgan fingerprint density at radius 2 is 2.05 bits per heavy atom. The molecule has 15 heteroatoms. The molecule has 0 aromatic carbocycles. The molecule has 3 aromatic heterocycles. The van der Waals surface area contributed by atoms with Crippen LogP contribution >= 0.6 is 11.3 Å². The number of nitrogens with zero attached hydrogens (tertiary/aromatic N) is 6. The Kier molecular flexibility index (Phi) is 10.2. The van der Waals surface area contributed by atoms with E-state index in [0.717, 1.165) is 5.56 Å². The first-order valence-electron chi connectivity index (χ1n) is 13.6. The summed E-state index contributed by atoms with van der Waals surface area (Å²) < 4.78 is 17.9. The van der Waals surface area contributed by atoms with E-state index < -0.39 is 22.4 Å². The lowest BCUT2D eigenvalue weighted by atomic mass is 10.1. The minimum atomic E-state index is -0.619. The average Bonchev–Trinajstić information content (AvgIpc) is 3.63. The van der Waals surface area contributed by atoms with Crippen molar-refractivity contribution < 1.29 is 28.7 Å². The molecule has 1 aliphatic rings. The number of thiazole rings is 1. The molecule has 0 aliphatic carbocycles. The second-order valence-corrected chi connectivity index (χ2v) is 11.5. The summed E-state index contributed by atoms with van der Waals surface area (Å²) in [5.74, 6) is -0.385. The van der Waals surface area contributed by atoms with E-state index in [4.69, 9.17) is 14.2 Å². The van der Waals surface area contributed by atoms with E-state index in [1.165, 1.54) is 22.2 Å². The van der Waals surface area contributed by atoms with Gasteiger partial charge in [-0.3, -0.25) is 19.6 Å². The quantitative estimate of drug-likeness (QED) is 0.140. The first-order chi connectivity index (χ1) is 20.0. The molecule has 226 valence electrons. The van der Waals surface area contributed by atoms with Crippen LogP contribution in [-0.2, 0) is 14.2 Å². The van der Waals surface area contributed by atoms with Crippen LogP contribution in [0.15, 0.2) is 29.9 Å². The van der Waals surface area contributed by atoms with Gasteiger partial charge in [0.05, 0.1) is 24.2 Å². The maximum Gasteiger partial charge on any atom is 0.358 e. The van der Waals surface area contributed by atoms with Gasteiger partial charge in [0.25, 0.3) is 5.91 Å². The molecule has 0 saturated carbocycles. The number of ether oxygens (including phenoxy) is 3. The predicted molar refractivity (Wildman–Crippen MR) is 155 cm³/mol. The third-order valence-electron chi connectivity index (χ3n) is 6.29. The molecule has 0 spiro atoms. The molecule has 0 atom stereocenters. The molecule has 42 heavy (non-hydrogen) atoms. The number of carbonyl (C=O) groups excluding carboxylic acids is 2. The van der Waals surface area contributed by atoms with Crippen LogP contribution in [-0.4, -0.2) is 88.7 Å². The number of amides is 1. The number of hydrogen-bond acceptors (Lipinski definition) is 12. The van der Waals surface area contributed by atoms with Gasteiger partial charge in [-0.15, -0.1) is 11.3 Å². The average molecular weight is 602 g/mol. The number of nitrogens with one attached hydrogen (secondary N) is 1. The fraction of sp³-hybridized carbons (Fsp3) is 0.519. The SMILES string of the molecule is CN(CCOCCNC(=O)c1nn(C2CCOCC2)cc1[N+](=O)[O-])c1cc(-c2nc(C(=O)OC(C)(C)C)cs2)ccn1. The van der Waals surface area contributed by atoms with Gasteiger partial charge in [0, 0.05) is 50.5 Å². The lowest BCUT2D eigenvalue weighted by Gasteiger charge is -2.21. The van der Waals surface area contributed by atoms with E-state index in [0.29, 0.717) is 50.0 Å². The van der Waals surface area contributed by atoms with Crippen molar-refractivity contribution in [2.45, 2.75) is 45.3 Å². The third-order valence-corrected chi connectivity index (χ3v) is 7.18. The van der Waals surface area contributed by atoms with Gasteiger partial charge >= 0.3 is 11.7 Å². The van der Waals surface area contributed by atoms with E-state index in [2.05, 4.69) is 20.4 Å². The zero-order chi connectivity index (χ0) is 30.3. The number of rotatable bonds is 12. The van der Waals surface area contributed by atoms with Crippen molar-refractivity contribution in [3.05, 3.63) is 51.4 Å². The van der Waals surface area contributed by atoms with E-state index in [-0.39, 0.29) is 36.3 Å². The number of pyridine rings is 1. The maximum absolute atomic E-state index is 12.6. The highest BCUT2D eigenvalue weighted by Crippen LogP contribution is 2.27. The van der Waals surface area contributed by atoms with Gasteiger partial charge in [-0.2, -0.15) is 5.10 Å². The molecule has 1 fully saturated rings. The van der Waals surface area contributed by atoms with Gasteiger partial charge in [-0.1, -0.05) is 0 Å². The Bertz CT molecular complexity index is 1400. The molecule has 1 aliphatic heterocycles.